The molecular weight excluding hydrogens is 350 g/mol. The Hall–Kier alpha value is -2.66. The van der Waals surface area contributed by atoms with Gasteiger partial charge in [0.25, 0.3) is 11.8 Å². The number of carbonyl (C=O) groups excluding carboxylic acids is 2. The first kappa shape index (κ1) is 19.7. The fourth-order valence-electron chi connectivity index (χ4n) is 2.27. The van der Waals surface area contributed by atoms with Crippen LogP contribution >= 0.6 is 11.6 Å². The molecular formula is C20H22ClN3O2. The van der Waals surface area contributed by atoms with Crippen molar-refractivity contribution in [1.82, 2.24) is 10.7 Å². The van der Waals surface area contributed by atoms with Gasteiger partial charge >= 0.3 is 0 Å². The number of halogens is 1. The second kappa shape index (κ2) is 10.4. The molecule has 0 saturated carbocycles. The van der Waals surface area contributed by atoms with Crippen LogP contribution in [0.2, 0.25) is 5.02 Å². The van der Waals surface area contributed by atoms with Gasteiger partial charge in [-0.3, -0.25) is 9.59 Å². The molecule has 2 aromatic rings. The van der Waals surface area contributed by atoms with E-state index in [9.17, 15) is 9.59 Å². The Balaban J connectivity index is 1.91. The Kier molecular flexibility index (Phi) is 7.83. The van der Waals surface area contributed by atoms with E-state index in [4.69, 9.17) is 11.6 Å². The third kappa shape index (κ3) is 6.33. The maximum Gasteiger partial charge on any atom is 0.259 e. The highest BCUT2D eigenvalue weighted by Gasteiger charge is 2.08. The van der Waals surface area contributed by atoms with Crippen LogP contribution in [-0.4, -0.2) is 24.1 Å². The van der Waals surface area contributed by atoms with Crippen LogP contribution in [0.15, 0.2) is 59.7 Å². The lowest BCUT2D eigenvalue weighted by molar-refractivity contribution is -0.120. The molecule has 5 nitrogen and oxygen atoms in total. The molecule has 0 atom stereocenters. The lowest BCUT2D eigenvalue weighted by Crippen LogP contribution is -2.35. The van der Waals surface area contributed by atoms with Crippen molar-refractivity contribution in [2.75, 3.05) is 6.54 Å². The summed E-state index contributed by atoms with van der Waals surface area (Å²) in [6.07, 6.45) is 2.80. The molecule has 0 aliphatic rings. The predicted octanol–water partition coefficient (Wildman–Crippen LogP) is 3.78. The van der Waals surface area contributed by atoms with Crippen molar-refractivity contribution in [1.29, 1.82) is 0 Å². The molecule has 0 bridgehead atoms. The molecule has 0 unspecified atom stereocenters. The van der Waals surface area contributed by atoms with E-state index in [1.807, 2.05) is 30.3 Å². The summed E-state index contributed by atoms with van der Waals surface area (Å²) in [7, 11) is 0. The largest absolute Gasteiger partial charge is 0.343 e. The van der Waals surface area contributed by atoms with Crippen molar-refractivity contribution in [2.45, 2.75) is 26.2 Å². The zero-order chi connectivity index (χ0) is 18.8. The van der Waals surface area contributed by atoms with Crippen LogP contribution in [0, 0.1) is 0 Å². The lowest BCUT2D eigenvalue weighted by atomic mass is 10.1. The van der Waals surface area contributed by atoms with Gasteiger partial charge in [-0.05, 0) is 42.7 Å². The van der Waals surface area contributed by atoms with Gasteiger partial charge in [-0.25, -0.2) is 5.43 Å². The average Bonchev–Trinajstić information content (AvgIpc) is 2.67. The second-order valence-electron chi connectivity index (χ2n) is 5.75. The number of benzene rings is 2. The smallest absolute Gasteiger partial charge is 0.259 e. The number of rotatable bonds is 8. The highest BCUT2D eigenvalue weighted by Crippen LogP contribution is 2.09. The Morgan fingerprint density at radius 1 is 1.00 bits per heavy atom. The summed E-state index contributed by atoms with van der Waals surface area (Å²) >= 11 is 5.79. The maximum absolute atomic E-state index is 12.0. The van der Waals surface area contributed by atoms with Gasteiger partial charge in [-0.15, -0.1) is 0 Å². The molecule has 2 N–H and O–H groups in total. The average molecular weight is 372 g/mol. The number of amides is 2. The third-order valence-corrected chi connectivity index (χ3v) is 3.96. The van der Waals surface area contributed by atoms with E-state index < -0.39 is 0 Å². The molecule has 0 fully saturated rings. The highest BCUT2D eigenvalue weighted by molar-refractivity contribution is 6.30. The van der Waals surface area contributed by atoms with Gasteiger partial charge in [0.2, 0.25) is 0 Å². The molecule has 0 aliphatic heterocycles. The number of nitrogens with one attached hydrogen (secondary N) is 2. The zero-order valence-corrected chi connectivity index (χ0v) is 15.4. The Labute approximate surface area is 158 Å². The molecule has 2 aromatic carbocycles. The van der Waals surface area contributed by atoms with Crippen molar-refractivity contribution in [2.24, 2.45) is 5.10 Å². The quantitative estimate of drug-likeness (QED) is 0.547. The predicted molar refractivity (Wildman–Crippen MR) is 104 cm³/mol. The first-order valence-corrected chi connectivity index (χ1v) is 8.92. The number of nitrogens with zero attached hydrogens (tertiary/aromatic N) is 1. The van der Waals surface area contributed by atoms with E-state index >= 15 is 0 Å². The van der Waals surface area contributed by atoms with E-state index in [0.29, 0.717) is 10.6 Å². The van der Waals surface area contributed by atoms with Crippen LogP contribution in [0.3, 0.4) is 0 Å². The van der Waals surface area contributed by atoms with Crippen LogP contribution in [-0.2, 0) is 4.79 Å². The van der Waals surface area contributed by atoms with E-state index in [1.54, 1.807) is 24.3 Å². The Bertz CT molecular complexity index is 758. The molecule has 0 radical (unpaired) electrons. The van der Waals surface area contributed by atoms with Gasteiger partial charge in [-0.2, -0.15) is 5.10 Å². The van der Waals surface area contributed by atoms with Gasteiger partial charge < -0.3 is 5.32 Å². The van der Waals surface area contributed by atoms with Crippen molar-refractivity contribution in [3.8, 4) is 0 Å². The van der Waals surface area contributed by atoms with Gasteiger partial charge in [0.05, 0.1) is 12.3 Å². The first-order chi connectivity index (χ1) is 12.6. The molecule has 136 valence electrons. The minimum atomic E-state index is -0.378. The van der Waals surface area contributed by atoms with E-state index in [0.717, 1.165) is 30.5 Å². The maximum atomic E-state index is 12.0. The van der Waals surface area contributed by atoms with E-state index in [-0.39, 0.29) is 18.4 Å². The van der Waals surface area contributed by atoms with Crippen molar-refractivity contribution < 1.29 is 9.59 Å². The molecule has 0 aromatic heterocycles. The summed E-state index contributed by atoms with van der Waals surface area (Å²) in [4.78, 5) is 24.0. The topological polar surface area (TPSA) is 70.6 Å². The standard InChI is InChI=1S/C20H22ClN3O2/c1-2-3-9-18(15-7-5-4-6-8-15)23-24-19(25)14-22-20(26)16-10-12-17(21)13-11-16/h4-8,10-13H,2-3,9,14H2,1H3,(H,22,26)(H,24,25). The molecule has 0 heterocycles. The van der Waals surface area contributed by atoms with Gasteiger partial charge in [0.15, 0.2) is 0 Å². The normalized spacial score (nSPS) is 11.1. The summed E-state index contributed by atoms with van der Waals surface area (Å²) in [5.41, 5.74) is 4.76. The summed E-state index contributed by atoms with van der Waals surface area (Å²) in [5.74, 6) is -0.715. The fraction of sp³-hybridized carbons (Fsp3) is 0.250. The minimum Gasteiger partial charge on any atom is -0.343 e. The SMILES string of the molecule is CCCCC(=NNC(=O)CNC(=O)c1ccc(Cl)cc1)c1ccccc1. The van der Waals surface area contributed by atoms with Crippen LogP contribution in [0.5, 0.6) is 0 Å². The highest BCUT2D eigenvalue weighted by atomic mass is 35.5. The minimum absolute atomic E-state index is 0.152. The zero-order valence-electron chi connectivity index (χ0n) is 14.7. The third-order valence-electron chi connectivity index (χ3n) is 3.71. The summed E-state index contributed by atoms with van der Waals surface area (Å²) in [6, 6.07) is 16.2. The van der Waals surface area contributed by atoms with Gasteiger partial charge in [-0.1, -0.05) is 55.3 Å². The van der Waals surface area contributed by atoms with Crippen LogP contribution in [0.25, 0.3) is 0 Å². The Morgan fingerprint density at radius 2 is 1.69 bits per heavy atom. The van der Waals surface area contributed by atoms with Crippen molar-refractivity contribution >= 4 is 29.1 Å². The molecule has 0 saturated heterocycles. The van der Waals surface area contributed by atoms with Gasteiger partial charge in [0.1, 0.15) is 0 Å². The monoisotopic (exact) mass is 371 g/mol. The van der Waals surface area contributed by atoms with Crippen LogP contribution < -0.4 is 10.7 Å². The second-order valence-corrected chi connectivity index (χ2v) is 6.19. The molecule has 26 heavy (non-hydrogen) atoms. The number of unbranched alkanes of at least 4 members (excludes halogenated alkanes) is 1. The molecule has 6 heteroatoms. The molecule has 2 rings (SSSR count). The number of carbonyl (C=O) groups is 2. The van der Waals surface area contributed by atoms with Crippen LogP contribution in [0.4, 0.5) is 0 Å². The lowest BCUT2D eigenvalue weighted by Gasteiger charge is -2.08. The van der Waals surface area contributed by atoms with E-state index in [1.165, 1.54) is 0 Å². The van der Waals surface area contributed by atoms with E-state index in [2.05, 4.69) is 22.8 Å². The Morgan fingerprint density at radius 3 is 2.35 bits per heavy atom. The summed E-state index contributed by atoms with van der Waals surface area (Å²) in [6.45, 7) is 1.95. The fourth-order valence-corrected chi connectivity index (χ4v) is 2.40. The van der Waals surface area contributed by atoms with Gasteiger partial charge in [0, 0.05) is 10.6 Å². The summed E-state index contributed by atoms with van der Waals surface area (Å²) < 4.78 is 0. The molecule has 0 aliphatic carbocycles. The number of hydrazone groups is 1. The van der Waals surface area contributed by atoms with Crippen molar-refractivity contribution in [3.05, 3.63) is 70.7 Å². The molecule has 2 amide bonds. The van der Waals surface area contributed by atoms with Crippen molar-refractivity contribution in [3.63, 3.8) is 0 Å². The van der Waals surface area contributed by atoms with Crippen LogP contribution in [0.1, 0.15) is 42.1 Å². The molecule has 0 spiro atoms. The summed E-state index contributed by atoms with van der Waals surface area (Å²) in [5, 5.41) is 7.35. The number of hydrogen-bond acceptors (Lipinski definition) is 3. The number of hydrogen-bond donors (Lipinski definition) is 2. The first-order valence-electron chi connectivity index (χ1n) is 8.54.